The summed E-state index contributed by atoms with van der Waals surface area (Å²) in [6.45, 7) is 1.47. The molecule has 1 aromatic carbocycles. The van der Waals surface area contributed by atoms with Gasteiger partial charge in [0.15, 0.2) is 5.78 Å². The number of hydrogen-bond acceptors (Lipinski definition) is 6. The highest BCUT2D eigenvalue weighted by Gasteiger charge is 2.46. The molecule has 110 valence electrons. The van der Waals surface area contributed by atoms with Gasteiger partial charge in [-0.2, -0.15) is 0 Å². The topological polar surface area (TPSA) is 107 Å². The second kappa shape index (κ2) is 5.05. The largest absolute Gasteiger partial charge is 0.507 e. The number of ether oxygens (including phenoxy) is 1. The Morgan fingerprint density at radius 3 is 2.70 bits per heavy atom. The highest BCUT2D eigenvalue weighted by molar-refractivity contribution is 6.02. The lowest BCUT2D eigenvalue weighted by atomic mass is 9.74. The average molecular weight is 282 g/mol. The predicted molar refractivity (Wildman–Crippen MR) is 69.8 cm³/mol. The van der Waals surface area contributed by atoms with Crippen molar-refractivity contribution in [2.75, 3.05) is 7.11 Å². The van der Waals surface area contributed by atoms with Crippen LogP contribution in [0.4, 0.5) is 0 Å². The van der Waals surface area contributed by atoms with Crippen LogP contribution in [0.5, 0.6) is 11.5 Å². The summed E-state index contributed by atoms with van der Waals surface area (Å²) in [6, 6.07) is 2.69. The van der Waals surface area contributed by atoms with Gasteiger partial charge in [0.1, 0.15) is 23.2 Å². The van der Waals surface area contributed by atoms with E-state index >= 15 is 0 Å². The maximum atomic E-state index is 12.1. The summed E-state index contributed by atoms with van der Waals surface area (Å²) in [5.74, 6) is -0.495. The minimum atomic E-state index is -1.75. The summed E-state index contributed by atoms with van der Waals surface area (Å²) in [6.07, 6.45) is -2.75. The van der Waals surface area contributed by atoms with E-state index in [1.165, 1.54) is 26.2 Å². The number of aliphatic hydroxyl groups excluding tert-OH is 2. The number of ketones is 1. The second-order valence-corrected chi connectivity index (χ2v) is 5.27. The maximum Gasteiger partial charge on any atom is 0.169 e. The van der Waals surface area contributed by atoms with Crippen LogP contribution in [0.15, 0.2) is 12.1 Å². The molecule has 0 radical (unpaired) electrons. The molecule has 0 aliphatic heterocycles. The molecule has 0 fully saturated rings. The third-order valence-corrected chi connectivity index (χ3v) is 3.56. The molecule has 20 heavy (non-hydrogen) atoms. The lowest BCUT2D eigenvalue weighted by molar-refractivity contribution is -0.102. The first-order valence-corrected chi connectivity index (χ1v) is 6.31. The molecule has 0 bridgehead atoms. The average Bonchev–Trinajstić information content (AvgIpc) is 2.33. The van der Waals surface area contributed by atoms with E-state index < -0.39 is 23.6 Å². The number of Topliss-reactive ketones (excluding diaryl/α,β-unsaturated/α-hetero) is 1. The fourth-order valence-corrected chi connectivity index (χ4v) is 2.71. The Morgan fingerprint density at radius 1 is 1.50 bits per heavy atom. The van der Waals surface area contributed by atoms with Crippen molar-refractivity contribution in [1.29, 1.82) is 0 Å². The van der Waals surface area contributed by atoms with Crippen molar-refractivity contribution >= 4 is 5.78 Å². The van der Waals surface area contributed by atoms with Gasteiger partial charge in [0, 0.05) is 24.5 Å². The van der Waals surface area contributed by atoms with Gasteiger partial charge in [0.2, 0.25) is 0 Å². The quantitative estimate of drug-likeness (QED) is 0.644. The van der Waals surface area contributed by atoms with E-state index in [1.54, 1.807) is 0 Å². The summed E-state index contributed by atoms with van der Waals surface area (Å²) in [4.78, 5) is 12.1. The van der Waals surface area contributed by atoms with Gasteiger partial charge in [0.25, 0.3) is 0 Å². The highest BCUT2D eigenvalue weighted by atomic mass is 16.5. The fraction of sp³-hybridized carbons (Fsp3) is 0.500. The molecule has 3 atom stereocenters. The standard InChI is InChI=1S/C14H18O6/c1-7(15)5-14(19)6-11(17)12-9(13(14)18)3-8(20-2)4-10(12)16/h3-4,7,13,15-16,18-19H,5-6H2,1-2H3/t7-,13+,14-/m0/s1. The van der Waals surface area contributed by atoms with Gasteiger partial charge in [-0.15, -0.1) is 0 Å². The molecule has 6 nitrogen and oxygen atoms in total. The van der Waals surface area contributed by atoms with Crippen LogP contribution >= 0.6 is 0 Å². The molecule has 0 aromatic heterocycles. The van der Waals surface area contributed by atoms with Gasteiger partial charge in [-0.3, -0.25) is 4.79 Å². The number of methoxy groups -OCH3 is 1. The Bertz CT molecular complexity index is 539. The number of carbonyl (C=O) groups is 1. The van der Waals surface area contributed by atoms with Gasteiger partial charge < -0.3 is 25.2 Å². The Kier molecular flexibility index (Phi) is 3.73. The number of phenolic OH excluding ortho intramolecular Hbond substituents is 1. The maximum absolute atomic E-state index is 12.1. The van der Waals surface area contributed by atoms with Crippen molar-refractivity contribution in [3.63, 3.8) is 0 Å². The van der Waals surface area contributed by atoms with Crippen LogP contribution in [0, 0.1) is 0 Å². The molecular formula is C14H18O6. The van der Waals surface area contributed by atoms with Gasteiger partial charge in [-0.1, -0.05) is 0 Å². The Hall–Kier alpha value is -1.63. The zero-order chi connectivity index (χ0) is 15.1. The number of benzene rings is 1. The summed E-state index contributed by atoms with van der Waals surface area (Å²) in [5, 5.41) is 40.0. The van der Waals surface area contributed by atoms with Crippen molar-refractivity contribution < 1.29 is 30.0 Å². The lowest BCUT2D eigenvalue weighted by Crippen LogP contribution is -2.45. The van der Waals surface area contributed by atoms with Gasteiger partial charge in [-0.25, -0.2) is 0 Å². The number of fused-ring (bicyclic) bond motifs is 1. The van der Waals surface area contributed by atoms with Crippen molar-refractivity contribution in [2.24, 2.45) is 0 Å². The number of rotatable bonds is 3. The number of aliphatic hydroxyl groups is 3. The first-order valence-electron chi connectivity index (χ1n) is 6.31. The Labute approximate surface area is 116 Å². The number of aromatic hydroxyl groups is 1. The third kappa shape index (κ3) is 2.37. The van der Waals surface area contributed by atoms with Crippen LogP contribution in [-0.4, -0.2) is 45.0 Å². The zero-order valence-electron chi connectivity index (χ0n) is 11.3. The molecule has 4 N–H and O–H groups in total. The Balaban J connectivity index is 2.54. The minimum absolute atomic E-state index is 0.00596. The van der Waals surface area contributed by atoms with E-state index in [0.717, 1.165) is 0 Å². The smallest absolute Gasteiger partial charge is 0.169 e. The Morgan fingerprint density at radius 2 is 2.15 bits per heavy atom. The predicted octanol–water partition coefficient (Wildman–Crippen LogP) is 0.523. The van der Waals surface area contributed by atoms with Crippen LogP contribution in [0.3, 0.4) is 0 Å². The first-order chi connectivity index (χ1) is 9.28. The molecule has 0 unspecified atom stereocenters. The van der Waals surface area contributed by atoms with E-state index in [9.17, 15) is 25.2 Å². The van der Waals surface area contributed by atoms with E-state index in [0.29, 0.717) is 0 Å². The van der Waals surface area contributed by atoms with Gasteiger partial charge in [-0.05, 0) is 13.0 Å². The molecule has 1 aromatic rings. The second-order valence-electron chi connectivity index (χ2n) is 5.27. The summed E-state index contributed by atoms with van der Waals surface area (Å²) in [5.41, 5.74) is -1.65. The summed E-state index contributed by atoms with van der Waals surface area (Å²) >= 11 is 0. The summed E-state index contributed by atoms with van der Waals surface area (Å²) in [7, 11) is 1.39. The molecule has 0 spiro atoms. The lowest BCUT2D eigenvalue weighted by Gasteiger charge is -2.38. The molecule has 0 heterocycles. The van der Waals surface area contributed by atoms with E-state index in [1.807, 2.05) is 0 Å². The monoisotopic (exact) mass is 282 g/mol. The van der Waals surface area contributed by atoms with Crippen LogP contribution in [0.2, 0.25) is 0 Å². The van der Waals surface area contributed by atoms with Gasteiger partial charge >= 0.3 is 0 Å². The SMILES string of the molecule is COc1cc(O)c2c(c1)[C@@H](O)[C@](O)(C[C@H](C)O)CC2=O. The number of phenols is 1. The zero-order valence-corrected chi connectivity index (χ0v) is 11.3. The summed E-state index contributed by atoms with van der Waals surface area (Å²) < 4.78 is 4.98. The van der Waals surface area contributed by atoms with Crippen LogP contribution < -0.4 is 4.74 Å². The molecule has 2 rings (SSSR count). The fourth-order valence-electron chi connectivity index (χ4n) is 2.71. The molecule has 6 heteroatoms. The van der Waals surface area contributed by atoms with Gasteiger partial charge in [0.05, 0.1) is 18.8 Å². The van der Waals surface area contributed by atoms with E-state index in [4.69, 9.17) is 4.74 Å². The van der Waals surface area contributed by atoms with Crippen molar-refractivity contribution in [1.82, 2.24) is 0 Å². The molecule has 1 aliphatic carbocycles. The number of hydrogen-bond donors (Lipinski definition) is 4. The minimum Gasteiger partial charge on any atom is -0.507 e. The molecule has 0 saturated carbocycles. The molecule has 1 aliphatic rings. The number of carbonyl (C=O) groups excluding carboxylic acids is 1. The van der Waals surface area contributed by atoms with E-state index in [-0.39, 0.29) is 35.5 Å². The third-order valence-electron chi connectivity index (χ3n) is 3.56. The molecule has 0 saturated heterocycles. The highest BCUT2D eigenvalue weighted by Crippen LogP contribution is 2.44. The molecular weight excluding hydrogens is 264 g/mol. The van der Waals surface area contributed by atoms with Crippen LogP contribution in [0.1, 0.15) is 41.8 Å². The normalized spacial score (nSPS) is 27.1. The first kappa shape index (κ1) is 14.8. The van der Waals surface area contributed by atoms with Crippen LogP contribution in [-0.2, 0) is 0 Å². The molecule has 0 amide bonds. The van der Waals surface area contributed by atoms with Crippen molar-refractivity contribution in [3.8, 4) is 11.5 Å². The van der Waals surface area contributed by atoms with Crippen molar-refractivity contribution in [2.45, 2.75) is 37.6 Å². The van der Waals surface area contributed by atoms with Crippen LogP contribution in [0.25, 0.3) is 0 Å². The van der Waals surface area contributed by atoms with E-state index in [2.05, 4.69) is 0 Å². The van der Waals surface area contributed by atoms with Crippen molar-refractivity contribution in [3.05, 3.63) is 23.3 Å².